The van der Waals surface area contributed by atoms with Crippen LogP contribution < -0.4 is 0 Å². The normalized spacial score (nSPS) is 17.6. The van der Waals surface area contributed by atoms with Gasteiger partial charge in [0.2, 0.25) is 0 Å². The van der Waals surface area contributed by atoms with E-state index < -0.39 is 5.60 Å². The highest BCUT2D eigenvalue weighted by Crippen LogP contribution is 2.50. The highest BCUT2D eigenvalue weighted by Gasteiger charge is 2.55. The average molecular weight is 442 g/mol. The zero-order valence-electron chi connectivity index (χ0n) is 19.6. The van der Waals surface area contributed by atoms with Crippen molar-refractivity contribution in [3.8, 4) is 22.5 Å². The van der Waals surface area contributed by atoms with Gasteiger partial charge in [-0.25, -0.2) is 0 Å². The van der Waals surface area contributed by atoms with E-state index >= 15 is 0 Å². The number of nitrogens with zero attached hydrogens (tertiary/aromatic N) is 3. The lowest BCUT2D eigenvalue weighted by atomic mass is 9.62. The van der Waals surface area contributed by atoms with Crippen molar-refractivity contribution in [2.75, 3.05) is 20.1 Å². The Balaban J connectivity index is 1.58. The molecule has 1 aliphatic rings. The van der Waals surface area contributed by atoms with Crippen LogP contribution in [0.25, 0.3) is 22.5 Å². The van der Waals surface area contributed by atoms with Gasteiger partial charge in [0.15, 0.2) is 0 Å². The minimum absolute atomic E-state index is 0.330. The average Bonchev–Trinajstić information content (AvgIpc) is 3.50. The Morgan fingerprint density at radius 1 is 1.03 bits per heavy atom. The highest BCUT2D eigenvalue weighted by molar-refractivity contribution is 5.68. The van der Waals surface area contributed by atoms with E-state index in [-0.39, 0.29) is 5.41 Å². The largest absolute Gasteiger partial charge is 0.380 e. The third-order valence-electron chi connectivity index (χ3n) is 7.04. The summed E-state index contributed by atoms with van der Waals surface area (Å²) in [5.41, 5.74) is 5.11. The van der Waals surface area contributed by atoms with Crippen LogP contribution in [0, 0.1) is 5.41 Å². The molecule has 0 aliphatic carbocycles. The van der Waals surface area contributed by atoms with Crippen LogP contribution in [-0.4, -0.2) is 50.3 Å². The van der Waals surface area contributed by atoms with Crippen molar-refractivity contribution in [2.24, 2.45) is 5.41 Å². The number of nitrogens with one attached hydrogen (secondary N) is 2. The molecule has 0 radical (unpaired) electrons. The number of aliphatic hydroxyl groups is 1. The van der Waals surface area contributed by atoms with E-state index in [2.05, 4.69) is 77.1 Å². The lowest BCUT2D eigenvalue weighted by Crippen LogP contribution is -2.63. The molecule has 4 aromatic rings. The number of pyridine rings is 1. The number of hydrogen-bond acceptors (Lipinski definition) is 4. The Morgan fingerprint density at radius 3 is 2.42 bits per heavy atom. The van der Waals surface area contributed by atoms with Crippen molar-refractivity contribution in [3.63, 3.8) is 0 Å². The molecule has 1 saturated heterocycles. The Labute approximate surface area is 194 Å². The third kappa shape index (κ3) is 3.59. The van der Waals surface area contributed by atoms with Crippen LogP contribution in [-0.2, 0) is 5.60 Å². The maximum absolute atomic E-state index is 12.4. The molecular weight excluding hydrogens is 410 g/mol. The number of H-pyrrole nitrogens is 2. The Hall–Kier alpha value is -3.22. The first-order valence-electron chi connectivity index (χ1n) is 11.5. The predicted octanol–water partition coefficient (Wildman–Crippen LogP) is 4.78. The smallest absolute Gasteiger partial charge is 0.124 e. The summed E-state index contributed by atoms with van der Waals surface area (Å²) >= 11 is 0. The van der Waals surface area contributed by atoms with E-state index in [9.17, 15) is 5.11 Å². The van der Waals surface area contributed by atoms with Gasteiger partial charge in [0.25, 0.3) is 0 Å². The molecular formula is C27H31N5O. The van der Waals surface area contributed by atoms with Crippen molar-refractivity contribution < 1.29 is 5.11 Å². The molecule has 6 heteroatoms. The molecule has 33 heavy (non-hydrogen) atoms. The standard InChI is InChI=1S/C27H31N5O/c1-18(2)19-5-7-22(8-6-19)27(33,26(3)16-32(4)17-26)23-11-21(14-29-15-23)25-12-24(30-31-25)20-9-10-28-13-20/h5-15,18,28,33H,16-17H2,1-4H3,(H,30,31)/t27-/m0/s1. The van der Waals surface area contributed by atoms with Gasteiger partial charge >= 0.3 is 0 Å². The number of likely N-dealkylation sites (tertiary alicyclic amines) is 1. The van der Waals surface area contributed by atoms with Crippen LogP contribution in [0.1, 0.15) is 43.4 Å². The van der Waals surface area contributed by atoms with E-state index in [1.165, 1.54) is 5.56 Å². The molecule has 3 aromatic heterocycles. The van der Waals surface area contributed by atoms with Gasteiger partial charge in [-0.05, 0) is 42.3 Å². The zero-order chi connectivity index (χ0) is 23.2. The number of aromatic amines is 2. The second-order valence-corrected chi connectivity index (χ2v) is 9.95. The van der Waals surface area contributed by atoms with Crippen molar-refractivity contribution in [3.05, 3.63) is 83.9 Å². The van der Waals surface area contributed by atoms with Crippen LogP contribution in [0.3, 0.4) is 0 Å². The van der Waals surface area contributed by atoms with Crippen LogP contribution in [0.4, 0.5) is 0 Å². The van der Waals surface area contributed by atoms with Crippen LogP contribution >= 0.6 is 0 Å². The zero-order valence-corrected chi connectivity index (χ0v) is 19.6. The van der Waals surface area contributed by atoms with Gasteiger partial charge in [-0.2, -0.15) is 5.10 Å². The topological polar surface area (TPSA) is 80.8 Å². The minimum atomic E-state index is -1.17. The Kier molecular flexibility index (Phi) is 5.22. The molecule has 0 saturated carbocycles. The summed E-state index contributed by atoms with van der Waals surface area (Å²) in [7, 11) is 2.09. The lowest BCUT2D eigenvalue weighted by molar-refractivity contribution is -0.127. The summed E-state index contributed by atoms with van der Waals surface area (Å²) in [5.74, 6) is 0.441. The van der Waals surface area contributed by atoms with Crippen LogP contribution in [0.2, 0.25) is 0 Å². The quantitative estimate of drug-likeness (QED) is 0.402. The van der Waals surface area contributed by atoms with Gasteiger partial charge in [-0.3, -0.25) is 10.1 Å². The van der Waals surface area contributed by atoms with Gasteiger partial charge in [-0.15, -0.1) is 0 Å². The summed E-state index contributed by atoms with van der Waals surface area (Å²) in [6, 6.07) is 14.5. The molecule has 4 heterocycles. The van der Waals surface area contributed by atoms with E-state index in [4.69, 9.17) is 0 Å². The van der Waals surface area contributed by atoms with E-state index in [0.29, 0.717) is 5.92 Å². The van der Waals surface area contributed by atoms with Gasteiger partial charge in [0.05, 0.1) is 11.4 Å². The monoisotopic (exact) mass is 441 g/mol. The molecule has 170 valence electrons. The molecule has 1 atom stereocenters. The predicted molar refractivity (Wildman–Crippen MR) is 131 cm³/mol. The van der Waals surface area contributed by atoms with E-state index in [1.807, 2.05) is 30.6 Å². The maximum atomic E-state index is 12.4. The molecule has 1 fully saturated rings. The molecule has 1 aliphatic heterocycles. The minimum Gasteiger partial charge on any atom is -0.380 e. The summed E-state index contributed by atoms with van der Waals surface area (Å²) in [6.45, 7) is 8.14. The second-order valence-electron chi connectivity index (χ2n) is 9.95. The number of rotatable bonds is 6. The van der Waals surface area contributed by atoms with Crippen molar-refractivity contribution in [1.29, 1.82) is 0 Å². The first kappa shape index (κ1) is 21.6. The fraction of sp³-hybridized carbons (Fsp3) is 0.333. The Morgan fingerprint density at radius 2 is 1.79 bits per heavy atom. The van der Waals surface area contributed by atoms with Crippen molar-refractivity contribution >= 4 is 0 Å². The number of hydrogen-bond donors (Lipinski definition) is 3. The number of aromatic nitrogens is 4. The molecule has 0 unspecified atom stereocenters. The summed E-state index contributed by atoms with van der Waals surface area (Å²) in [5, 5.41) is 20.0. The van der Waals surface area contributed by atoms with Gasteiger partial charge in [0.1, 0.15) is 5.60 Å². The fourth-order valence-corrected chi connectivity index (χ4v) is 5.23. The van der Waals surface area contributed by atoms with Gasteiger partial charge < -0.3 is 15.0 Å². The lowest BCUT2D eigenvalue weighted by Gasteiger charge is -2.55. The second kappa shape index (κ2) is 7.97. The summed E-state index contributed by atoms with van der Waals surface area (Å²) < 4.78 is 0. The maximum Gasteiger partial charge on any atom is 0.124 e. The first-order chi connectivity index (χ1) is 15.8. The Bertz CT molecular complexity index is 1240. The van der Waals surface area contributed by atoms with Crippen molar-refractivity contribution in [1.82, 2.24) is 25.1 Å². The third-order valence-corrected chi connectivity index (χ3v) is 7.04. The summed E-state index contributed by atoms with van der Waals surface area (Å²) in [6.07, 6.45) is 7.42. The van der Waals surface area contributed by atoms with Crippen molar-refractivity contribution in [2.45, 2.75) is 32.3 Å². The molecule has 0 amide bonds. The molecule has 0 spiro atoms. The SMILES string of the molecule is CC(C)c1ccc([C@](O)(c2cncc(-c3cc(-c4cc[nH]c4)[nH]n3)c2)C2(C)CN(C)C2)cc1. The first-order valence-corrected chi connectivity index (χ1v) is 11.5. The van der Waals surface area contributed by atoms with Crippen LogP contribution in [0.15, 0.2) is 67.3 Å². The van der Waals surface area contributed by atoms with Crippen LogP contribution in [0.5, 0.6) is 0 Å². The molecule has 0 bridgehead atoms. The summed E-state index contributed by atoms with van der Waals surface area (Å²) in [4.78, 5) is 9.84. The van der Waals surface area contributed by atoms with Gasteiger partial charge in [-0.1, -0.05) is 45.0 Å². The molecule has 1 aromatic carbocycles. The fourth-order valence-electron chi connectivity index (χ4n) is 5.23. The number of benzene rings is 1. The van der Waals surface area contributed by atoms with E-state index in [1.54, 1.807) is 12.4 Å². The molecule has 6 nitrogen and oxygen atoms in total. The molecule has 3 N–H and O–H groups in total. The highest BCUT2D eigenvalue weighted by atomic mass is 16.3. The van der Waals surface area contributed by atoms with E-state index in [0.717, 1.165) is 46.7 Å². The van der Waals surface area contributed by atoms with Gasteiger partial charge in [0, 0.05) is 60.0 Å². The molecule has 5 rings (SSSR count).